The molecule has 5 aromatic carbocycles. The summed E-state index contributed by atoms with van der Waals surface area (Å²) in [5, 5.41) is 137. The number of nitrogens with one attached hydrogen (secondary N) is 9. The molecule has 2 fully saturated rings. The number of hydrogen-bond donors (Lipinski definition) is 20. The molecule has 2 saturated heterocycles. The van der Waals surface area contributed by atoms with Crippen LogP contribution in [-0.2, 0) is 52.6 Å². The maximum atomic E-state index is 16.0. The smallest absolute Gasteiger partial charge is 0.330 e. The first-order chi connectivity index (χ1) is 49.2. The van der Waals surface area contributed by atoms with Crippen molar-refractivity contribution in [1.82, 2.24) is 47.9 Å². The first-order valence-corrected chi connectivity index (χ1v) is 33.6. The largest absolute Gasteiger partial charge is 0.508 e. The van der Waals surface area contributed by atoms with Crippen LogP contribution in [0.4, 0.5) is 0 Å². The summed E-state index contributed by atoms with van der Waals surface area (Å²) in [6.07, 6.45) is -17.2. The van der Waals surface area contributed by atoms with Gasteiger partial charge in [0, 0.05) is 47.8 Å². The number of aliphatic carboxylic acids is 1. The zero-order valence-corrected chi connectivity index (χ0v) is 58.0. The summed E-state index contributed by atoms with van der Waals surface area (Å²) in [5.74, 6) is -16.8. The van der Waals surface area contributed by atoms with Crippen molar-refractivity contribution in [2.75, 3.05) is 33.8 Å². The van der Waals surface area contributed by atoms with Crippen molar-refractivity contribution in [3.63, 3.8) is 0 Å². The number of halogens is 2. The van der Waals surface area contributed by atoms with Crippen LogP contribution in [0.15, 0.2) is 78.9 Å². The summed E-state index contributed by atoms with van der Waals surface area (Å²) in [5.41, 5.74) is 1.84. The number of carboxylic acid groups (broad SMARTS) is 1. The molecule has 0 aliphatic carbocycles. The summed E-state index contributed by atoms with van der Waals surface area (Å²) < 4.78 is 38.8. The molecule has 36 heteroatoms. The molecule has 2 unspecified atom stereocenters. The monoisotopic (exact) mass is 1490 g/mol. The van der Waals surface area contributed by atoms with Gasteiger partial charge >= 0.3 is 5.97 Å². The lowest BCUT2D eigenvalue weighted by Crippen LogP contribution is -2.65. The molecule has 7 aliphatic rings. The van der Waals surface area contributed by atoms with Crippen LogP contribution in [0, 0.1) is 5.92 Å². The van der Waals surface area contributed by atoms with Crippen LogP contribution in [0.2, 0.25) is 10.0 Å². The molecule has 0 saturated carbocycles. The number of likely N-dealkylation sites (N-methyl/N-ethyl adjacent to an activating group) is 2. The summed E-state index contributed by atoms with van der Waals surface area (Å²) in [6.45, 7) is 6.74. The predicted octanol–water partition coefficient (Wildman–Crippen LogP) is -0.434. The summed E-state index contributed by atoms with van der Waals surface area (Å²) in [7, 11) is 3.19. The van der Waals surface area contributed by atoms with Crippen LogP contribution >= 0.6 is 23.2 Å². The zero-order valence-electron chi connectivity index (χ0n) is 56.5. The number of aromatic hydroxyl groups is 3. The number of phenols is 3. The van der Waals surface area contributed by atoms with Gasteiger partial charge in [-0.3, -0.25) is 33.6 Å². The van der Waals surface area contributed by atoms with Gasteiger partial charge in [-0.05, 0) is 117 Å². The molecule has 11 bridgehead atoms. The Morgan fingerprint density at radius 3 is 1.89 bits per heavy atom. The Kier molecular flexibility index (Phi) is 23.8. The number of primary amides is 1. The van der Waals surface area contributed by atoms with Crippen LogP contribution < -0.4 is 67.8 Å². The zero-order chi connectivity index (χ0) is 75.7. The van der Waals surface area contributed by atoms with Gasteiger partial charge in [0.25, 0.3) is 5.91 Å². The molecule has 7 aliphatic heterocycles. The average Bonchev–Trinajstić information content (AvgIpc) is 0.771. The minimum Gasteiger partial charge on any atom is -0.508 e. The number of benzene rings is 5. The number of phenolic OH excluding ortho intramolecular Hbond substituents is 3. The quantitative estimate of drug-likeness (QED) is 0.0440. The first kappa shape index (κ1) is 77.4. The number of carbonyl (C=O) groups excluding carboxylic acids is 7. The SMILES string of the molecule is CNCCN[C@@]1(C)C[C@H](O[C@H]2[C@H](Oc3c4cc5cc3Oc3ccc(cc3Cl)[C@@H](O)[C@@H]3NC(=O)[C@H](NC(=O)[C@@H]5NC(=O)C(C(N)=O)NC(=O)C(NC(=O)[C@@H](CC(C)C)NC)[C@H](O)c5ccc(c(Cl)c5)O4)c4ccc(O)c(c4)-c4c(O)cc(O)cc4[C@@H](C(=O)O)NC3=O)O[C@H](CO)[C@@H](O)[C@@H]2O)O[C@@H](C)[C@H]1O. The third-order valence-corrected chi connectivity index (χ3v) is 19.0. The maximum Gasteiger partial charge on any atom is 0.330 e. The van der Waals surface area contributed by atoms with Crippen LogP contribution in [0.1, 0.15) is 98.7 Å². The molecule has 0 radical (unpaired) electrons. The van der Waals surface area contributed by atoms with E-state index in [1.165, 1.54) is 19.2 Å². The molecular weight excluding hydrogens is 1410 g/mol. The van der Waals surface area contributed by atoms with E-state index in [2.05, 4.69) is 47.9 Å². The van der Waals surface area contributed by atoms with Gasteiger partial charge < -0.3 is 133 Å². The predicted molar refractivity (Wildman–Crippen MR) is 362 cm³/mol. The van der Waals surface area contributed by atoms with Gasteiger partial charge in [0.15, 0.2) is 36.0 Å². The number of nitrogens with two attached hydrogens (primary N) is 1. The van der Waals surface area contributed by atoms with E-state index in [1.54, 1.807) is 20.9 Å². The highest BCUT2D eigenvalue weighted by molar-refractivity contribution is 6.32. The Balaban J connectivity index is 1.23. The number of carbonyl (C=O) groups is 8. The molecule has 5 aromatic rings. The van der Waals surface area contributed by atoms with Gasteiger partial charge in [-0.2, -0.15) is 0 Å². The second kappa shape index (κ2) is 32.0. The molecule has 7 heterocycles. The van der Waals surface area contributed by atoms with Crippen LogP contribution in [0.5, 0.6) is 46.0 Å². The number of fused-ring (bicyclic) bond motifs is 15. The highest BCUT2D eigenvalue weighted by Gasteiger charge is 2.52. The molecule has 34 nitrogen and oxygen atoms in total. The fraction of sp³-hybridized carbons (Fsp3) is 0.441. The van der Waals surface area contributed by atoms with E-state index in [0.717, 1.165) is 66.7 Å². The second-order valence-electron chi connectivity index (χ2n) is 26.3. The van der Waals surface area contributed by atoms with E-state index in [-0.39, 0.29) is 46.2 Å². The Bertz CT molecular complexity index is 4140. The molecule has 12 rings (SSSR count). The van der Waals surface area contributed by atoms with Crippen molar-refractivity contribution in [2.24, 2.45) is 11.7 Å². The summed E-state index contributed by atoms with van der Waals surface area (Å²) in [6, 6.07) is -1.34. The third kappa shape index (κ3) is 16.3. The van der Waals surface area contributed by atoms with Gasteiger partial charge in [0.05, 0.1) is 34.9 Å². The number of carboxylic acids is 1. The normalized spacial score (nSPS) is 28.9. The van der Waals surface area contributed by atoms with E-state index >= 15 is 14.4 Å². The molecule has 0 aromatic heterocycles. The maximum absolute atomic E-state index is 16.0. The van der Waals surface area contributed by atoms with Crippen molar-refractivity contribution in [1.29, 1.82) is 0 Å². The fourth-order valence-corrected chi connectivity index (χ4v) is 13.4. The lowest BCUT2D eigenvalue weighted by Gasteiger charge is -2.48. The standard InChI is InChI=1S/C68H80Cl2N10O24/c1-25(2)15-36(73-6)60(91)78-49-52(85)28-8-11-39(34(69)17-28)100-41-19-30-20-42(56(41)104-67-57(55(88)54(87)43(24-81)102-67)103-44-23-68(4,74-14-13-72-5)58(89)26(3)99-44)101-40-12-9-29(18-35(40)70)53(86)50-63(94)77-48(66(97)98)33-21-31(82)22-38(84)45(33)32-16-27(7-10-37(32)83)46(61(92)79-50)75-62(93)47(30)76-65(96)51(59(71)90)80-64(49)95/h7-12,16-22,25-26,36,43-44,46-55,57-58,67,72-74,81-89H,13-15,23-24H2,1-6H3,(H2,71,90)(H,75,93)(H,76,96)(H,77,94)(H,78,91)(H,79,92)(H,80,95)(H,97,98)/t26-,36+,43+,44-,46+,47+,48-,49?,50-,51?,52+,53+,54+,55-,57+,58+,67-,68-/m0/s1. The van der Waals surface area contributed by atoms with E-state index in [4.69, 9.17) is 57.4 Å². The molecule has 560 valence electrons. The van der Waals surface area contributed by atoms with E-state index in [0.29, 0.717) is 13.1 Å². The lowest BCUT2D eigenvalue weighted by atomic mass is 9.85. The first-order valence-electron chi connectivity index (χ1n) is 32.8. The number of hydrogen-bond acceptors (Lipinski definition) is 26. The Morgan fingerprint density at radius 1 is 0.692 bits per heavy atom. The topological polar surface area (TPSA) is 529 Å². The van der Waals surface area contributed by atoms with Crippen LogP contribution in [-0.4, -0.2) is 211 Å². The molecule has 104 heavy (non-hydrogen) atoms. The molecule has 7 amide bonds. The molecule has 18 atom stereocenters. The molecule has 21 N–H and O–H groups in total. The van der Waals surface area contributed by atoms with Crippen molar-refractivity contribution in [3.8, 4) is 57.1 Å². The van der Waals surface area contributed by atoms with Gasteiger partial charge in [0.2, 0.25) is 47.5 Å². The molecule has 0 spiro atoms. The Morgan fingerprint density at radius 2 is 1.30 bits per heavy atom. The number of aliphatic hydroxyl groups excluding tert-OH is 6. The van der Waals surface area contributed by atoms with E-state index < -0.39 is 231 Å². The van der Waals surface area contributed by atoms with Gasteiger partial charge in [-0.1, -0.05) is 55.2 Å². The van der Waals surface area contributed by atoms with Crippen LogP contribution in [0.25, 0.3) is 11.1 Å². The highest BCUT2D eigenvalue weighted by atomic mass is 35.5. The second-order valence-corrected chi connectivity index (χ2v) is 27.1. The van der Waals surface area contributed by atoms with Crippen molar-refractivity contribution >= 4 is 70.5 Å². The van der Waals surface area contributed by atoms with Gasteiger partial charge in [-0.15, -0.1) is 0 Å². The average molecular weight is 1490 g/mol. The highest BCUT2D eigenvalue weighted by Crippen LogP contribution is 2.50. The minimum atomic E-state index is -2.56. The van der Waals surface area contributed by atoms with Gasteiger partial charge in [-0.25, -0.2) is 4.79 Å². The number of aliphatic hydroxyl groups is 6. The molecular formula is C68H80Cl2N10O24. The van der Waals surface area contributed by atoms with E-state index in [9.17, 15) is 75.0 Å². The van der Waals surface area contributed by atoms with Gasteiger partial charge in [0.1, 0.15) is 83.4 Å². The van der Waals surface area contributed by atoms with E-state index in [1.807, 2.05) is 13.8 Å². The minimum absolute atomic E-state index is 0.108. The number of rotatable bonds is 16. The Hall–Kier alpha value is -9.24. The van der Waals surface area contributed by atoms with Crippen LogP contribution in [0.3, 0.4) is 0 Å². The number of ether oxygens (including phenoxy) is 6. The van der Waals surface area contributed by atoms with Crippen molar-refractivity contribution < 1.29 is 118 Å². The van der Waals surface area contributed by atoms with Crippen molar-refractivity contribution in [3.05, 3.63) is 117 Å². The van der Waals surface area contributed by atoms with Crippen molar-refractivity contribution in [2.45, 2.75) is 150 Å². The Labute approximate surface area is 602 Å². The fourth-order valence-electron chi connectivity index (χ4n) is 12.9. The summed E-state index contributed by atoms with van der Waals surface area (Å²) >= 11 is 14.1. The summed E-state index contributed by atoms with van der Waals surface area (Å²) in [4.78, 5) is 117. The lowest BCUT2D eigenvalue weighted by molar-refractivity contribution is -0.334. The number of amides is 7. The third-order valence-electron chi connectivity index (χ3n) is 18.4.